The van der Waals surface area contributed by atoms with Crippen LogP contribution in [0.3, 0.4) is 0 Å². The lowest BCUT2D eigenvalue weighted by molar-refractivity contribution is 0.491. The van der Waals surface area contributed by atoms with E-state index in [0.29, 0.717) is 83.4 Å². The SMILES string of the molecule is Cc1nnc(N2CCN(c3nc(NCc4nc5cc(Cl)c(Cl)cc5[nH]4)c4ncn(-c5cnn(C)c5)c4n3)CC2)o1. The number of piperazine rings is 1. The molecule has 204 valence electrons. The number of aromatic nitrogens is 10. The van der Waals surface area contributed by atoms with Gasteiger partial charge in [-0.3, -0.25) is 9.25 Å². The van der Waals surface area contributed by atoms with E-state index in [9.17, 15) is 0 Å². The number of benzene rings is 1. The maximum absolute atomic E-state index is 6.18. The minimum Gasteiger partial charge on any atom is -0.408 e. The number of fused-ring (bicyclic) bond motifs is 2. The van der Waals surface area contributed by atoms with Gasteiger partial charge in [-0.2, -0.15) is 15.1 Å². The van der Waals surface area contributed by atoms with Gasteiger partial charge < -0.3 is 24.5 Å². The van der Waals surface area contributed by atoms with Gasteiger partial charge in [0.25, 0.3) is 0 Å². The number of nitrogens with one attached hydrogen (secondary N) is 2. The summed E-state index contributed by atoms with van der Waals surface area (Å²) >= 11 is 12.3. The number of hydrogen-bond donors (Lipinski definition) is 2. The monoisotopic (exact) mass is 579 g/mol. The van der Waals surface area contributed by atoms with Crippen LogP contribution in [0, 0.1) is 6.92 Å². The Hall–Kier alpha value is -4.43. The minimum absolute atomic E-state index is 0.375. The van der Waals surface area contributed by atoms with Gasteiger partial charge in [-0.25, -0.2) is 9.97 Å². The van der Waals surface area contributed by atoms with Crippen LogP contribution in [0.5, 0.6) is 0 Å². The second kappa shape index (κ2) is 9.64. The number of aromatic amines is 1. The van der Waals surface area contributed by atoms with Crippen molar-refractivity contribution in [1.82, 2.24) is 49.5 Å². The molecule has 1 aliphatic rings. The van der Waals surface area contributed by atoms with E-state index in [4.69, 9.17) is 37.6 Å². The predicted octanol–water partition coefficient (Wildman–Crippen LogP) is 3.36. The topological polar surface area (TPSA) is 148 Å². The lowest BCUT2D eigenvalue weighted by atomic mass is 10.3. The molecule has 1 aromatic carbocycles. The van der Waals surface area contributed by atoms with Gasteiger partial charge in [0.15, 0.2) is 17.0 Å². The van der Waals surface area contributed by atoms with Crippen molar-refractivity contribution in [2.45, 2.75) is 13.5 Å². The smallest absolute Gasteiger partial charge is 0.318 e. The molecule has 40 heavy (non-hydrogen) atoms. The van der Waals surface area contributed by atoms with Gasteiger partial charge >= 0.3 is 6.01 Å². The third kappa shape index (κ3) is 4.44. The molecular weight excluding hydrogens is 557 g/mol. The molecule has 0 radical (unpaired) electrons. The molecule has 0 bridgehead atoms. The van der Waals surface area contributed by atoms with Gasteiger partial charge in [0.2, 0.25) is 11.8 Å². The van der Waals surface area contributed by atoms with Crippen LogP contribution in [0.15, 0.2) is 35.3 Å². The van der Waals surface area contributed by atoms with Gasteiger partial charge in [-0.15, -0.1) is 5.10 Å². The molecule has 0 saturated carbocycles. The van der Waals surface area contributed by atoms with E-state index in [1.54, 1.807) is 36.3 Å². The van der Waals surface area contributed by atoms with Crippen molar-refractivity contribution in [3.8, 4) is 5.69 Å². The average Bonchev–Trinajstić information content (AvgIpc) is 3.74. The molecule has 0 spiro atoms. The molecule has 16 heteroatoms. The summed E-state index contributed by atoms with van der Waals surface area (Å²) in [6, 6.07) is 4.03. The van der Waals surface area contributed by atoms with Crippen LogP contribution in [-0.4, -0.2) is 75.6 Å². The van der Waals surface area contributed by atoms with Crippen LogP contribution < -0.4 is 15.1 Å². The first-order valence-corrected chi connectivity index (χ1v) is 13.3. The summed E-state index contributed by atoms with van der Waals surface area (Å²) in [6.45, 7) is 4.90. The molecule has 5 aromatic heterocycles. The van der Waals surface area contributed by atoms with Crippen LogP contribution >= 0.6 is 23.2 Å². The van der Waals surface area contributed by atoms with Crippen molar-refractivity contribution < 1.29 is 4.42 Å². The maximum atomic E-state index is 6.18. The Morgan fingerprint density at radius 2 is 1.82 bits per heavy atom. The first-order chi connectivity index (χ1) is 19.4. The lowest BCUT2D eigenvalue weighted by Crippen LogP contribution is -2.47. The molecule has 7 rings (SSSR count). The van der Waals surface area contributed by atoms with Gasteiger partial charge in [0.05, 0.1) is 39.5 Å². The van der Waals surface area contributed by atoms with Gasteiger partial charge in [0.1, 0.15) is 12.2 Å². The molecular formula is C24H23Cl2N13O. The van der Waals surface area contributed by atoms with Crippen LogP contribution in [0.1, 0.15) is 11.7 Å². The highest BCUT2D eigenvalue weighted by atomic mass is 35.5. The zero-order valence-electron chi connectivity index (χ0n) is 21.5. The van der Waals surface area contributed by atoms with Crippen molar-refractivity contribution in [2.24, 2.45) is 7.05 Å². The van der Waals surface area contributed by atoms with Crippen LogP contribution in [0.4, 0.5) is 17.8 Å². The molecule has 0 aliphatic carbocycles. The zero-order valence-corrected chi connectivity index (χ0v) is 23.0. The van der Waals surface area contributed by atoms with E-state index in [2.05, 4.69) is 45.4 Å². The molecule has 1 aliphatic heterocycles. The standard InChI is InChI=1S/C24H23Cl2N13O/c1-13-34-35-24(40-13)38-5-3-37(4-6-38)23-32-21(20-22(33-23)39(12-28-20)14-9-29-36(2)11-14)27-10-19-30-17-7-15(25)16(26)8-18(17)31-19/h7-9,11-12H,3-6,10H2,1-2H3,(H,30,31)(H,27,32,33). The Balaban J connectivity index is 1.21. The highest BCUT2D eigenvalue weighted by Crippen LogP contribution is 2.28. The van der Waals surface area contributed by atoms with Crippen molar-refractivity contribution in [3.05, 3.63) is 52.6 Å². The van der Waals surface area contributed by atoms with E-state index in [0.717, 1.165) is 16.7 Å². The minimum atomic E-state index is 0.375. The van der Waals surface area contributed by atoms with E-state index in [1.165, 1.54) is 0 Å². The second-order valence-electron chi connectivity index (χ2n) is 9.43. The molecule has 6 aromatic rings. The fourth-order valence-corrected chi connectivity index (χ4v) is 5.02. The predicted molar refractivity (Wildman–Crippen MR) is 150 cm³/mol. The van der Waals surface area contributed by atoms with E-state index < -0.39 is 0 Å². The van der Waals surface area contributed by atoms with Crippen LogP contribution in [0.25, 0.3) is 27.9 Å². The zero-order chi connectivity index (χ0) is 27.4. The molecule has 14 nitrogen and oxygen atoms in total. The lowest BCUT2D eigenvalue weighted by Gasteiger charge is -2.33. The summed E-state index contributed by atoms with van der Waals surface area (Å²) in [5.74, 6) is 2.43. The molecule has 0 atom stereocenters. The van der Waals surface area contributed by atoms with E-state index in [-0.39, 0.29) is 0 Å². The number of nitrogens with zero attached hydrogens (tertiary/aromatic N) is 11. The third-order valence-electron chi connectivity index (χ3n) is 6.70. The highest BCUT2D eigenvalue weighted by molar-refractivity contribution is 6.42. The fourth-order valence-electron chi connectivity index (χ4n) is 4.70. The van der Waals surface area contributed by atoms with E-state index >= 15 is 0 Å². The van der Waals surface area contributed by atoms with Crippen molar-refractivity contribution in [1.29, 1.82) is 0 Å². The summed E-state index contributed by atoms with van der Waals surface area (Å²) < 4.78 is 9.25. The number of aryl methyl sites for hydroxylation is 2. The number of rotatable bonds is 6. The van der Waals surface area contributed by atoms with Crippen molar-refractivity contribution in [2.75, 3.05) is 41.3 Å². The van der Waals surface area contributed by atoms with Gasteiger partial charge in [-0.05, 0) is 12.1 Å². The second-order valence-corrected chi connectivity index (χ2v) is 10.2. The quantitative estimate of drug-likeness (QED) is 0.299. The van der Waals surface area contributed by atoms with Crippen molar-refractivity contribution in [3.63, 3.8) is 0 Å². The summed E-state index contributed by atoms with van der Waals surface area (Å²) in [5, 5.41) is 16.7. The first kappa shape index (κ1) is 24.6. The molecule has 6 heterocycles. The Morgan fingerprint density at radius 3 is 2.58 bits per heavy atom. The first-order valence-electron chi connectivity index (χ1n) is 12.5. The number of hydrogen-bond acceptors (Lipinski definition) is 11. The van der Waals surface area contributed by atoms with Crippen LogP contribution in [-0.2, 0) is 13.6 Å². The van der Waals surface area contributed by atoms with Gasteiger partial charge in [0, 0.05) is 46.3 Å². The summed E-state index contributed by atoms with van der Waals surface area (Å²) in [6.07, 6.45) is 5.41. The van der Waals surface area contributed by atoms with Crippen molar-refractivity contribution >= 4 is 63.2 Å². The number of halogens is 2. The Bertz CT molecular complexity index is 1810. The number of anilines is 3. The normalized spacial score (nSPS) is 14.1. The third-order valence-corrected chi connectivity index (χ3v) is 7.42. The Morgan fingerprint density at radius 1 is 1.02 bits per heavy atom. The maximum Gasteiger partial charge on any atom is 0.318 e. The molecule has 0 amide bonds. The molecule has 1 saturated heterocycles. The highest BCUT2D eigenvalue weighted by Gasteiger charge is 2.25. The molecule has 1 fully saturated rings. The summed E-state index contributed by atoms with van der Waals surface area (Å²) in [7, 11) is 1.87. The molecule has 2 N–H and O–H groups in total. The largest absolute Gasteiger partial charge is 0.408 e. The van der Waals surface area contributed by atoms with Crippen LogP contribution in [0.2, 0.25) is 10.0 Å². The summed E-state index contributed by atoms with van der Waals surface area (Å²) in [4.78, 5) is 26.6. The number of imidazole rings is 2. The van der Waals surface area contributed by atoms with Gasteiger partial charge in [-0.1, -0.05) is 28.3 Å². The Labute approximate surface area is 237 Å². The molecule has 0 unspecified atom stereocenters. The fraction of sp³-hybridized carbons (Fsp3) is 0.292. The Kier molecular flexibility index (Phi) is 5.93. The summed E-state index contributed by atoms with van der Waals surface area (Å²) in [5.41, 5.74) is 3.68. The average molecular weight is 580 g/mol. The number of H-pyrrole nitrogens is 1. The van der Waals surface area contributed by atoms with E-state index in [1.807, 2.05) is 17.8 Å².